The van der Waals surface area contributed by atoms with Crippen molar-refractivity contribution in [3.63, 3.8) is 0 Å². The Morgan fingerprint density at radius 2 is 2.00 bits per heavy atom. The van der Waals surface area contributed by atoms with E-state index in [1.165, 1.54) is 5.56 Å². The third-order valence-corrected chi connectivity index (χ3v) is 3.67. The molecule has 1 aromatic carbocycles. The highest BCUT2D eigenvalue weighted by Crippen LogP contribution is 2.23. The van der Waals surface area contributed by atoms with Crippen LogP contribution in [0.25, 0.3) is 0 Å². The average molecular weight is 334 g/mol. The fourth-order valence-electron chi connectivity index (χ4n) is 1.61. The molecule has 0 aliphatic carbocycles. The lowest BCUT2D eigenvalue weighted by Gasteiger charge is -2.09. The molecule has 1 amide bonds. The van der Waals surface area contributed by atoms with E-state index in [2.05, 4.69) is 31.5 Å². The number of carbonyl (C=O) groups is 1. The van der Waals surface area contributed by atoms with E-state index in [0.29, 0.717) is 12.2 Å². The van der Waals surface area contributed by atoms with Gasteiger partial charge in [-0.3, -0.25) is 4.79 Å². The molecule has 0 radical (unpaired) electrons. The number of aromatic nitrogens is 1. The van der Waals surface area contributed by atoms with E-state index >= 15 is 0 Å². The van der Waals surface area contributed by atoms with Gasteiger partial charge >= 0.3 is 0 Å². The minimum Gasteiger partial charge on any atom is -0.354 e. The Morgan fingerprint density at radius 3 is 2.60 bits per heavy atom. The summed E-state index contributed by atoms with van der Waals surface area (Å²) in [5, 5.41) is 5.98. The van der Waals surface area contributed by atoms with Crippen LogP contribution in [0.3, 0.4) is 0 Å². The molecular formula is C15H16BrN3O. The number of nitrogens with one attached hydrogen (secondary N) is 2. The van der Waals surface area contributed by atoms with Gasteiger partial charge in [0, 0.05) is 16.6 Å². The summed E-state index contributed by atoms with van der Waals surface area (Å²) in [6.07, 6.45) is 2.14. The summed E-state index contributed by atoms with van der Waals surface area (Å²) >= 11 is 3.50. The van der Waals surface area contributed by atoms with Gasteiger partial charge in [-0.05, 0) is 36.8 Å². The van der Waals surface area contributed by atoms with Crippen LogP contribution in [0.5, 0.6) is 0 Å². The van der Waals surface area contributed by atoms with Crippen molar-refractivity contribution in [2.75, 3.05) is 10.6 Å². The molecule has 0 aliphatic rings. The monoisotopic (exact) mass is 333 g/mol. The Labute approximate surface area is 126 Å². The van der Waals surface area contributed by atoms with E-state index in [9.17, 15) is 4.79 Å². The fraction of sp³-hybridized carbons (Fsp3) is 0.200. The third-order valence-electron chi connectivity index (χ3n) is 2.81. The largest absolute Gasteiger partial charge is 0.354 e. The van der Waals surface area contributed by atoms with Crippen molar-refractivity contribution in [3.8, 4) is 0 Å². The van der Waals surface area contributed by atoms with Crippen LogP contribution in [-0.2, 0) is 4.79 Å². The van der Waals surface area contributed by atoms with E-state index in [1.807, 2.05) is 31.2 Å². The molecule has 1 aromatic heterocycles. The van der Waals surface area contributed by atoms with E-state index in [4.69, 9.17) is 0 Å². The van der Waals surface area contributed by atoms with Crippen LogP contribution in [0, 0.1) is 6.92 Å². The highest BCUT2D eigenvalue weighted by atomic mass is 79.9. The number of hydrogen-bond donors (Lipinski definition) is 2. The van der Waals surface area contributed by atoms with Crippen LogP contribution in [0.1, 0.15) is 18.9 Å². The molecule has 2 aromatic rings. The summed E-state index contributed by atoms with van der Waals surface area (Å²) in [5.74, 6) is 0.521. The molecule has 0 bridgehead atoms. The molecule has 0 saturated carbocycles. The lowest BCUT2D eigenvalue weighted by atomic mass is 10.2. The van der Waals surface area contributed by atoms with Crippen molar-refractivity contribution in [2.24, 2.45) is 0 Å². The van der Waals surface area contributed by atoms with Crippen molar-refractivity contribution in [3.05, 3.63) is 46.6 Å². The second kappa shape index (κ2) is 6.52. The highest BCUT2D eigenvalue weighted by Gasteiger charge is 2.01. The molecule has 20 heavy (non-hydrogen) atoms. The number of carbonyl (C=O) groups excluding carboxylic acids is 1. The first-order valence-corrected chi connectivity index (χ1v) is 7.17. The van der Waals surface area contributed by atoms with Crippen LogP contribution in [-0.4, -0.2) is 10.9 Å². The van der Waals surface area contributed by atoms with Gasteiger partial charge in [0.2, 0.25) is 5.91 Å². The summed E-state index contributed by atoms with van der Waals surface area (Å²) in [4.78, 5) is 15.5. The number of hydrogen-bond acceptors (Lipinski definition) is 3. The summed E-state index contributed by atoms with van der Waals surface area (Å²) in [7, 11) is 0. The molecule has 0 spiro atoms. The van der Waals surface area contributed by atoms with Crippen molar-refractivity contribution in [1.29, 1.82) is 0 Å². The Balaban J connectivity index is 2.06. The number of benzene rings is 1. The number of anilines is 3. The van der Waals surface area contributed by atoms with Crippen LogP contribution in [0.2, 0.25) is 0 Å². The zero-order valence-electron chi connectivity index (χ0n) is 11.4. The Kier molecular flexibility index (Phi) is 4.74. The van der Waals surface area contributed by atoms with Crippen LogP contribution in [0.15, 0.2) is 41.0 Å². The molecule has 0 aliphatic heterocycles. The number of halogens is 1. The van der Waals surface area contributed by atoms with Gasteiger partial charge in [-0.25, -0.2) is 4.98 Å². The van der Waals surface area contributed by atoms with Crippen molar-refractivity contribution < 1.29 is 4.79 Å². The van der Waals surface area contributed by atoms with Gasteiger partial charge < -0.3 is 10.6 Å². The summed E-state index contributed by atoms with van der Waals surface area (Å²) in [6, 6.07) is 9.72. The first-order chi connectivity index (χ1) is 9.58. The number of rotatable bonds is 4. The predicted molar refractivity (Wildman–Crippen MR) is 85.3 cm³/mol. The molecule has 2 N–H and O–H groups in total. The van der Waals surface area contributed by atoms with Crippen molar-refractivity contribution in [1.82, 2.24) is 4.98 Å². The average Bonchev–Trinajstić information content (AvgIpc) is 2.45. The zero-order chi connectivity index (χ0) is 14.5. The predicted octanol–water partition coefficient (Wildman–Crippen LogP) is 4.24. The SMILES string of the molecule is CCC(=O)Nc1ccc(Nc2ccc(C)c(Br)c2)cn1. The van der Waals surface area contributed by atoms with Gasteiger partial charge in [0.25, 0.3) is 0 Å². The normalized spacial score (nSPS) is 10.2. The maximum absolute atomic E-state index is 11.3. The first-order valence-electron chi connectivity index (χ1n) is 6.37. The smallest absolute Gasteiger partial charge is 0.225 e. The Bertz CT molecular complexity index is 611. The van der Waals surface area contributed by atoms with Gasteiger partial charge in [-0.1, -0.05) is 28.9 Å². The maximum Gasteiger partial charge on any atom is 0.225 e. The molecule has 0 unspecified atom stereocenters. The molecule has 2 rings (SSSR count). The van der Waals surface area contributed by atoms with Gasteiger partial charge in [0.1, 0.15) is 5.82 Å². The third kappa shape index (κ3) is 3.81. The lowest BCUT2D eigenvalue weighted by Crippen LogP contribution is -2.10. The molecule has 104 valence electrons. The van der Waals surface area contributed by atoms with Crippen LogP contribution in [0.4, 0.5) is 17.2 Å². The van der Waals surface area contributed by atoms with E-state index in [0.717, 1.165) is 15.8 Å². The summed E-state index contributed by atoms with van der Waals surface area (Å²) in [6.45, 7) is 3.85. The molecule has 0 saturated heterocycles. The van der Waals surface area contributed by atoms with Gasteiger partial charge in [-0.15, -0.1) is 0 Å². The van der Waals surface area contributed by atoms with Crippen LogP contribution < -0.4 is 10.6 Å². The number of amides is 1. The van der Waals surface area contributed by atoms with E-state index < -0.39 is 0 Å². The Morgan fingerprint density at radius 1 is 1.25 bits per heavy atom. The van der Waals surface area contributed by atoms with Crippen molar-refractivity contribution in [2.45, 2.75) is 20.3 Å². The maximum atomic E-state index is 11.3. The number of nitrogens with zero attached hydrogens (tertiary/aromatic N) is 1. The molecule has 0 atom stereocenters. The molecule has 4 nitrogen and oxygen atoms in total. The van der Waals surface area contributed by atoms with Crippen molar-refractivity contribution >= 4 is 39.0 Å². The number of aryl methyl sites for hydroxylation is 1. The van der Waals surface area contributed by atoms with Gasteiger partial charge in [-0.2, -0.15) is 0 Å². The van der Waals surface area contributed by atoms with E-state index in [1.54, 1.807) is 19.2 Å². The minimum atomic E-state index is -0.0410. The first kappa shape index (κ1) is 14.5. The number of pyridine rings is 1. The standard InChI is InChI=1S/C15H16BrN3O/c1-3-15(20)19-14-7-6-12(9-17-14)18-11-5-4-10(2)13(16)8-11/h4-9,18H,3H2,1-2H3,(H,17,19,20). The van der Waals surface area contributed by atoms with Crippen LogP contribution >= 0.6 is 15.9 Å². The minimum absolute atomic E-state index is 0.0410. The van der Waals surface area contributed by atoms with Gasteiger partial charge in [0.05, 0.1) is 11.9 Å². The summed E-state index contributed by atoms with van der Waals surface area (Å²) < 4.78 is 1.06. The second-order valence-electron chi connectivity index (χ2n) is 4.42. The molecule has 0 fully saturated rings. The van der Waals surface area contributed by atoms with E-state index in [-0.39, 0.29) is 5.91 Å². The highest BCUT2D eigenvalue weighted by molar-refractivity contribution is 9.10. The Hall–Kier alpha value is -1.88. The quantitative estimate of drug-likeness (QED) is 0.879. The fourth-order valence-corrected chi connectivity index (χ4v) is 1.99. The molecular weight excluding hydrogens is 318 g/mol. The topological polar surface area (TPSA) is 54.0 Å². The van der Waals surface area contributed by atoms with Gasteiger partial charge in [0.15, 0.2) is 0 Å². The summed E-state index contributed by atoms with van der Waals surface area (Å²) in [5.41, 5.74) is 3.04. The zero-order valence-corrected chi connectivity index (χ0v) is 13.0. The molecule has 5 heteroatoms. The second-order valence-corrected chi connectivity index (χ2v) is 5.28. The molecule has 1 heterocycles. The lowest BCUT2D eigenvalue weighted by molar-refractivity contribution is -0.115.